The number of anilines is 1. The molecule has 2 aromatic heterocycles. The number of fused-ring (bicyclic) bond motifs is 1. The van der Waals surface area contributed by atoms with E-state index in [-0.39, 0.29) is 5.92 Å². The van der Waals surface area contributed by atoms with Crippen molar-refractivity contribution >= 4 is 29.0 Å². The average Bonchev–Trinajstić information content (AvgIpc) is 3.16. The molecule has 4 rings (SSSR count). The molecule has 1 N–H and O–H groups in total. The number of hydrogen-bond donors (Lipinski definition) is 1. The Hall–Kier alpha value is -2.60. The predicted octanol–water partition coefficient (Wildman–Crippen LogP) is 5.95. The summed E-state index contributed by atoms with van der Waals surface area (Å²) < 4.78 is 1.91. The Balaban J connectivity index is 1.89. The maximum Gasteiger partial charge on any atom is 0.311 e. The number of piperidine rings is 1. The Bertz CT molecular complexity index is 1140. The highest BCUT2D eigenvalue weighted by Gasteiger charge is 2.43. The lowest BCUT2D eigenvalue weighted by Gasteiger charge is -2.42. The van der Waals surface area contributed by atoms with Crippen LogP contribution in [-0.2, 0) is 4.79 Å². The number of rotatable bonds is 6. The second-order valence-electron chi connectivity index (χ2n) is 9.26. The fraction of sp³-hybridized carbons (Fsp3) is 0.480. The fourth-order valence-electron chi connectivity index (χ4n) is 5.13. The first-order chi connectivity index (χ1) is 15.3. The molecule has 0 radical (unpaired) electrons. The van der Waals surface area contributed by atoms with Crippen LogP contribution in [0.2, 0.25) is 5.02 Å². The predicted molar refractivity (Wildman–Crippen MR) is 129 cm³/mol. The summed E-state index contributed by atoms with van der Waals surface area (Å²) in [6.07, 6.45) is 3.09. The summed E-state index contributed by atoms with van der Waals surface area (Å²) in [5.74, 6) is 0.515. The van der Waals surface area contributed by atoms with Crippen molar-refractivity contribution in [3.63, 3.8) is 0 Å². The maximum absolute atomic E-state index is 12.3. The number of carboxylic acid groups (broad SMARTS) is 1. The Morgan fingerprint density at radius 1 is 1.28 bits per heavy atom. The summed E-state index contributed by atoms with van der Waals surface area (Å²) in [6, 6.07) is 9.62. The molecule has 170 valence electrons. The number of aryl methyl sites for hydroxylation is 1. The molecule has 1 unspecified atom stereocenters. The lowest BCUT2D eigenvalue weighted by molar-refractivity contribution is -0.150. The number of aromatic nitrogens is 3. The van der Waals surface area contributed by atoms with Gasteiger partial charge in [0.05, 0.1) is 11.1 Å². The summed E-state index contributed by atoms with van der Waals surface area (Å²) in [5, 5.41) is 15.8. The van der Waals surface area contributed by atoms with Crippen molar-refractivity contribution in [3.8, 4) is 11.3 Å². The van der Waals surface area contributed by atoms with Crippen molar-refractivity contribution in [2.24, 2.45) is 5.41 Å². The molecule has 1 aliphatic rings. The van der Waals surface area contributed by atoms with Crippen LogP contribution in [0.3, 0.4) is 0 Å². The van der Waals surface area contributed by atoms with E-state index >= 15 is 0 Å². The molecule has 1 aromatic carbocycles. The average molecular weight is 455 g/mol. The van der Waals surface area contributed by atoms with Gasteiger partial charge in [0.1, 0.15) is 5.82 Å². The number of carbonyl (C=O) groups is 1. The first kappa shape index (κ1) is 22.6. The van der Waals surface area contributed by atoms with Gasteiger partial charge >= 0.3 is 5.97 Å². The molecule has 3 heterocycles. The van der Waals surface area contributed by atoms with E-state index in [4.69, 9.17) is 21.7 Å². The largest absolute Gasteiger partial charge is 0.481 e. The molecule has 0 bridgehead atoms. The van der Waals surface area contributed by atoms with Gasteiger partial charge in [0, 0.05) is 41.0 Å². The molecule has 6 nitrogen and oxygen atoms in total. The van der Waals surface area contributed by atoms with Gasteiger partial charge in [-0.3, -0.25) is 4.79 Å². The van der Waals surface area contributed by atoms with Crippen LogP contribution in [0.1, 0.15) is 63.6 Å². The Kier molecular flexibility index (Phi) is 6.17. The lowest BCUT2D eigenvalue weighted by Crippen LogP contribution is -2.49. The first-order valence-electron chi connectivity index (χ1n) is 11.4. The van der Waals surface area contributed by atoms with Gasteiger partial charge in [-0.15, -0.1) is 0 Å². The van der Waals surface area contributed by atoms with E-state index in [0.717, 1.165) is 53.4 Å². The van der Waals surface area contributed by atoms with E-state index in [1.54, 1.807) is 0 Å². The van der Waals surface area contributed by atoms with Crippen molar-refractivity contribution < 1.29 is 9.90 Å². The number of aliphatic carboxylic acids is 1. The smallest absolute Gasteiger partial charge is 0.311 e. The van der Waals surface area contributed by atoms with Crippen molar-refractivity contribution in [1.82, 2.24) is 14.6 Å². The molecule has 0 saturated carbocycles. The third kappa shape index (κ3) is 3.96. The Morgan fingerprint density at radius 3 is 2.62 bits per heavy atom. The van der Waals surface area contributed by atoms with E-state index in [9.17, 15) is 9.90 Å². The van der Waals surface area contributed by atoms with Crippen LogP contribution in [0.5, 0.6) is 0 Å². The van der Waals surface area contributed by atoms with Crippen molar-refractivity contribution in [2.45, 2.75) is 59.3 Å². The van der Waals surface area contributed by atoms with Crippen LogP contribution >= 0.6 is 11.6 Å². The molecule has 1 fully saturated rings. The molecular formula is C25H31ClN4O2. The van der Waals surface area contributed by atoms with Crippen LogP contribution in [0, 0.1) is 12.3 Å². The topological polar surface area (TPSA) is 70.7 Å². The minimum Gasteiger partial charge on any atom is -0.481 e. The van der Waals surface area contributed by atoms with Crippen molar-refractivity contribution in [3.05, 3.63) is 46.6 Å². The van der Waals surface area contributed by atoms with E-state index in [2.05, 4.69) is 25.7 Å². The molecule has 1 aliphatic heterocycles. The zero-order valence-corrected chi connectivity index (χ0v) is 20.0. The monoisotopic (exact) mass is 454 g/mol. The summed E-state index contributed by atoms with van der Waals surface area (Å²) in [5.41, 5.74) is 3.93. The third-order valence-corrected chi connectivity index (χ3v) is 6.83. The quantitative estimate of drug-likeness (QED) is 0.498. The first-order valence-corrected chi connectivity index (χ1v) is 11.8. The van der Waals surface area contributed by atoms with Crippen molar-refractivity contribution in [2.75, 3.05) is 18.0 Å². The maximum atomic E-state index is 12.3. The van der Waals surface area contributed by atoms with Gasteiger partial charge in [0.2, 0.25) is 0 Å². The number of carboxylic acids is 1. The molecule has 0 amide bonds. The third-order valence-electron chi connectivity index (χ3n) is 6.58. The second-order valence-corrected chi connectivity index (χ2v) is 9.69. The van der Waals surface area contributed by atoms with Crippen LogP contribution < -0.4 is 4.90 Å². The lowest BCUT2D eigenvalue weighted by atomic mass is 9.76. The highest BCUT2D eigenvalue weighted by Crippen LogP contribution is 2.40. The van der Waals surface area contributed by atoms with Crippen LogP contribution in [0.4, 0.5) is 5.82 Å². The van der Waals surface area contributed by atoms with Gasteiger partial charge in [0.25, 0.3) is 0 Å². The second kappa shape index (κ2) is 8.74. The number of nitrogens with zero attached hydrogens (tertiary/aromatic N) is 4. The van der Waals surface area contributed by atoms with Gasteiger partial charge < -0.3 is 10.0 Å². The molecule has 7 heteroatoms. The zero-order valence-electron chi connectivity index (χ0n) is 19.2. The summed E-state index contributed by atoms with van der Waals surface area (Å²) in [4.78, 5) is 19.4. The number of halogens is 1. The SMILES string of the molecule is CCCC1(C(=O)O)CCCN(c2c(C(C)C)c(C)nc3cc(-c4ccc(Cl)cc4)nn23)C1. The highest BCUT2D eigenvalue weighted by atomic mass is 35.5. The number of benzene rings is 1. The standard InChI is InChI=1S/C25H31ClN4O2/c1-5-11-25(24(31)32)12-6-13-29(15-25)23-22(16(2)3)17(4)27-21-14-20(28-30(21)23)18-7-9-19(26)10-8-18/h7-10,14,16H,5-6,11-13,15H2,1-4H3,(H,31,32). The van der Waals surface area contributed by atoms with Gasteiger partial charge in [-0.05, 0) is 44.2 Å². The summed E-state index contributed by atoms with van der Waals surface area (Å²) in [6.45, 7) is 9.71. The van der Waals surface area contributed by atoms with E-state index in [1.165, 1.54) is 0 Å². The summed E-state index contributed by atoms with van der Waals surface area (Å²) in [7, 11) is 0. The van der Waals surface area contributed by atoms with Crippen LogP contribution in [0.15, 0.2) is 30.3 Å². The Labute approximate surface area is 194 Å². The van der Waals surface area contributed by atoms with E-state index < -0.39 is 11.4 Å². The van der Waals surface area contributed by atoms with Crippen molar-refractivity contribution in [1.29, 1.82) is 0 Å². The van der Waals surface area contributed by atoms with E-state index in [0.29, 0.717) is 24.4 Å². The normalized spacial score (nSPS) is 19.1. The Morgan fingerprint density at radius 2 is 2.00 bits per heavy atom. The molecule has 32 heavy (non-hydrogen) atoms. The summed E-state index contributed by atoms with van der Waals surface area (Å²) >= 11 is 6.07. The van der Waals surface area contributed by atoms with Gasteiger partial charge in [0.15, 0.2) is 5.65 Å². The number of hydrogen-bond acceptors (Lipinski definition) is 4. The van der Waals surface area contributed by atoms with Gasteiger partial charge in [-0.25, -0.2) is 4.98 Å². The minimum absolute atomic E-state index is 0.234. The van der Waals surface area contributed by atoms with Gasteiger partial charge in [-0.1, -0.05) is 50.9 Å². The highest BCUT2D eigenvalue weighted by molar-refractivity contribution is 6.30. The fourth-order valence-corrected chi connectivity index (χ4v) is 5.26. The molecule has 3 aromatic rings. The molecule has 1 atom stereocenters. The zero-order chi connectivity index (χ0) is 23.0. The van der Waals surface area contributed by atoms with Gasteiger partial charge in [-0.2, -0.15) is 9.61 Å². The van der Waals surface area contributed by atoms with Crippen LogP contribution in [-0.4, -0.2) is 38.8 Å². The molecule has 1 saturated heterocycles. The molecule has 0 aliphatic carbocycles. The molecule has 0 spiro atoms. The molecular weight excluding hydrogens is 424 g/mol. The minimum atomic E-state index is -0.725. The van der Waals surface area contributed by atoms with E-state index in [1.807, 2.05) is 41.8 Å². The van der Waals surface area contributed by atoms with Crippen LogP contribution in [0.25, 0.3) is 16.9 Å².